The number of aryl methyl sites for hydroxylation is 1. The van der Waals surface area contributed by atoms with Gasteiger partial charge < -0.3 is 4.74 Å². The van der Waals surface area contributed by atoms with Crippen molar-refractivity contribution < 1.29 is 14.3 Å². The van der Waals surface area contributed by atoms with Gasteiger partial charge in [-0.1, -0.05) is 0 Å². The van der Waals surface area contributed by atoms with E-state index in [1.807, 2.05) is 5.38 Å². The molecule has 0 bridgehead atoms. The van der Waals surface area contributed by atoms with Crippen molar-refractivity contribution in [2.24, 2.45) is 0 Å². The third kappa shape index (κ3) is 3.99. The van der Waals surface area contributed by atoms with Gasteiger partial charge in [0, 0.05) is 11.9 Å². The maximum absolute atomic E-state index is 11.5. The molecule has 2 amide bonds. The first kappa shape index (κ1) is 14.4. The summed E-state index contributed by atoms with van der Waals surface area (Å²) in [7, 11) is 0. The van der Waals surface area contributed by atoms with E-state index >= 15 is 0 Å². The summed E-state index contributed by atoms with van der Waals surface area (Å²) in [6.07, 6.45) is 2.54. The van der Waals surface area contributed by atoms with Gasteiger partial charge >= 0.3 is 0 Å². The molecule has 0 unspecified atom stereocenters. The van der Waals surface area contributed by atoms with E-state index in [4.69, 9.17) is 16.3 Å². The number of thiazole rings is 1. The van der Waals surface area contributed by atoms with Crippen molar-refractivity contribution in [3.05, 3.63) is 16.1 Å². The number of rotatable bonds is 6. The summed E-state index contributed by atoms with van der Waals surface area (Å²) in [5.74, 6) is -0.0438. The van der Waals surface area contributed by atoms with Gasteiger partial charge in [0.15, 0.2) is 0 Å². The second kappa shape index (κ2) is 6.98. The summed E-state index contributed by atoms with van der Waals surface area (Å²) in [5, 5.41) is 3.01. The number of unbranched alkanes of at least 4 members (excludes halogenated alkanes) is 1. The van der Waals surface area contributed by atoms with Gasteiger partial charge in [0.25, 0.3) is 11.8 Å². The summed E-state index contributed by atoms with van der Waals surface area (Å²) in [6, 6.07) is 0. The molecular weight excluding hydrogens is 288 g/mol. The van der Waals surface area contributed by atoms with Crippen molar-refractivity contribution in [2.45, 2.75) is 25.1 Å². The van der Waals surface area contributed by atoms with Gasteiger partial charge in [-0.2, -0.15) is 0 Å². The standard InChI is InChI=1S/C12H15ClN2O3S/c13-5-9-8-19-10(14-9)3-1-2-4-15-11(16)6-18-7-12(15)17/h8H,1-7H2. The lowest BCUT2D eigenvalue weighted by molar-refractivity contribution is -0.158. The molecule has 1 aliphatic heterocycles. The SMILES string of the molecule is O=C1COCC(=O)N1CCCCc1nc(CCl)cs1. The van der Waals surface area contributed by atoms with Crippen LogP contribution >= 0.6 is 22.9 Å². The third-order valence-electron chi connectivity index (χ3n) is 2.81. The first-order chi connectivity index (χ1) is 9.20. The number of alkyl halides is 1. The Bertz CT molecular complexity index is 448. The van der Waals surface area contributed by atoms with Crippen LogP contribution in [0.5, 0.6) is 0 Å². The predicted octanol–water partition coefficient (Wildman–Crippen LogP) is 1.59. The number of morpholine rings is 1. The third-order valence-corrected chi connectivity index (χ3v) is 4.04. The van der Waals surface area contributed by atoms with Crippen LogP contribution in [0.15, 0.2) is 5.38 Å². The fourth-order valence-electron chi connectivity index (χ4n) is 1.84. The predicted molar refractivity (Wildman–Crippen MR) is 72.1 cm³/mol. The van der Waals surface area contributed by atoms with Crippen molar-refractivity contribution >= 4 is 34.8 Å². The molecule has 0 aromatic carbocycles. The van der Waals surface area contributed by atoms with Crippen molar-refractivity contribution in [3.8, 4) is 0 Å². The molecule has 7 heteroatoms. The van der Waals surface area contributed by atoms with E-state index in [2.05, 4.69) is 4.98 Å². The lowest BCUT2D eigenvalue weighted by Gasteiger charge is -2.24. The van der Waals surface area contributed by atoms with Crippen LogP contribution in [0.25, 0.3) is 0 Å². The number of aromatic nitrogens is 1. The first-order valence-corrected chi connectivity index (χ1v) is 7.52. The molecule has 0 N–H and O–H groups in total. The zero-order chi connectivity index (χ0) is 13.7. The Labute approximate surface area is 120 Å². The monoisotopic (exact) mass is 302 g/mol. The van der Waals surface area contributed by atoms with Crippen molar-refractivity contribution in [1.82, 2.24) is 9.88 Å². The first-order valence-electron chi connectivity index (χ1n) is 6.11. The number of halogens is 1. The molecule has 2 heterocycles. The summed E-state index contributed by atoms with van der Waals surface area (Å²) in [4.78, 5) is 28.6. The van der Waals surface area contributed by atoms with Gasteiger partial charge in [-0.25, -0.2) is 4.98 Å². The zero-order valence-corrected chi connectivity index (χ0v) is 12.0. The van der Waals surface area contributed by atoms with E-state index in [1.54, 1.807) is 11.3 Å². The molecule has 1 aromatic heterocycles. The molecule has 1 saturated heterocycles. The molecule has 19 heavy (non-hydrogen) atoms. The van der Waals surface area contributed by atoms with Gasteiger partial charge in [-0.15, -0.1) is 22.9 Å². The maximum atomic E-state index is 11.5. The molecule has 0 spiro atoms. The average Bonchev–Trinajstić information content (AvgIpc) is 2.85. The van der Waals surface area contributed by atoms with E-state index in [-0.39, 0.29) is 25.0 Å². The molecule has 0 aliphatic carbocycles. The minimum Gasteiger partial charge on any atom is -0.362 e. The quantitative estimate of drug-likeness (QED) is 0.455. The highest BCUT2D eigenvalue weighted by Gasteiger charge is 2.25. The van der Waals surface area contributed by atoms with E-state index < -0.39 is 0 Å². The highest BCUT2D eigenvalue weighted by molar-refractivity contribution is 7.09. The fraction of sp³-hybridized carbons (Fsp3) is 0.583. The second-order valence-corrected chi connectivity index (χ2v) is 5.47. The molecule has 2 rings (SSSR count). The number of imide groups is 1. The maximum Gasteiger partial charge on any atom is 0.255 e. The number of amides is 2. The van der Waals surface area contributed by atoms with Gasteiger partial charge in [-0.05, 0) is 19.3 Å². The lowest BCUT2D eigenvalue weighted by atomic mass is 10.2. The molecule has 1 fully saturated rings. The van der Waals surface area contributed by atoms with Crippen molar-refractivity contribution in [2.75, 3.05) is 19.8 Å². The highest BCUT2D eigenvalue weighted by Crippen LogP contribution is 2.14. The fourth-order valence-corrected chi connectivity index (χ4v) is 2.91. The average molecular weight is 303 g/mol. The molecule has 0 atom stereocenters. The molecule has 0 radical (unpaired) electrons. The summed E-state index contributed by atoms with van der Waals surface area (Å²) >= 11 is 7.28. The number of hydrogen-bond donors (Lipinski definition) is 0. The van der Waals surface area contributed by atoms with Crippen LogP contribution in [0.2, 0.25) is 0 Å². The van der Waals surface area contributed by atoms with Gasteiger partial charge in [0.1, 0.15) is 13.2 Å². The largest absolute Gasteiger partial charge is 0.362 e. The Balaban J connectivity index is 1.71. The molecule has 0 saturated carbocycles. The van der Waals surface area contributed by atoms with E-state index in [0.717, 1.165) is 30.0 Å². The van der Waals surface area contributed by atoms with Gasteiger partial charge in [-0.3, -0.25) is 14.5 Å². The van der Waals surface area contributed by atoms with Gasteiger partial charge in [0.05, 0.1) is 16.6 Å². The number of carbonyl (C=O) groups is 2. The van der Waals surface area contributed by atoms with Crippen LogP contribution < -0.4 is 0 Å². The molecular formula is C12H15ClN2O3S. The Kier molecular flexibility index (Phi) is 5.30. The zero-order valence-electron chi connectivity index (χ0n) is 10.4. The lowest BCUT2D eigenvalue weighted by Crippen LogP contribution is -2.46. The van der Waals surface area contributed by atoms with E-state index in [9.17, 15) is 9.59 Å². The van der Waals surface area contributed by atoms with Crippen LogP contribution in [-0.2, 0) is 26.6 Å². The summed E-state index contributed by atoms with van der Waals surface area (Å²) in [6.45, 7) is 0.489. The smallest absolute Gasteiger partial charge is 0.255 e. The molecule has 104 valence electrons. The minimum atomic E-state index is -0.241. The highest BCUT2D eigenvalue weighted by atomic mass is 35.5. The van der Waals surface area contributed by atoms with Crippen LogP contribution in [0.4, 0.5) is 0 Å². The Morgan fingerprint density at radius 2 is 2.05 bits per heavy atom. The molecule has 1 aliphatic rings. The van der Waals surface area contributed by atoms with E-state index in [0.29, 0.717) is 12.4 Å². The normalized spacial score (nSPS) is 16.2. The van der Waals surface area contributed by atoms with Crippen LogP contribution in [0.3, 0.4) is 0 Å². The van der Waals surface area contributed by atoms with Crippen LogP contribution in [0, 0.1) is 0 Å². The van der Waals surface area contributed by atoms with Gasteiger partial charge in [0.2, 0.25) is 0 Å². The summed E-state index contributed by atoms with van der Waals surface area (Å²) < 4.78 is 4.85. The second-order valence-electron chi connectivity index (χ2n) is 4.26. The number of nitrogens with zero attached hydrogens (tertiary/aromatic N) is 2. The molecule has 1 aromatic rings. The number of carbonyl (C=O) groups excluding carboxylic acids is 2. The van der Waals surface area contributed by atoms with Crippen LogP contribution in [0.1, 0.15) is 23.5 Å². The number of hydrogen-bond acceptors (Lipinski definition) is 5. The Hall–Kier alpha value is -0.980. The minimum absolute atomic E-state index is 0.0112. The van der Waals surface area contributed by atoms with Crippen molar-refractivity contribution in [3.63, 3.8) is 0 Å². The Morgan fingerprint density at radius 1 is 1.32 bits per heavy atom. The van der Waals surface area contributed by atoms with Crippen LogP contribution in [-0.4, -0.2) is 41.5 Å². The molecule has 5 nitrogen and oxygen atoms in total. The topological polar surface area (TPSA) is 59.5 Å². The number of ether oxygens (including phenoxy) is 1. The van der Waals surface area contributed by atoms with Crippen molar-refractivity contribution in [1.29, 1.82) is 0 Å². The summed E-state index contributed by atoms with van der Waals surface area (Å²) in [5.41, 5.74) is 0.903. The van der Waals surface area contributed by atoms with E-state index in [1.165, 1.54) is 4.90 Å². The Morgan fingerprint density at radius 3 is 2.68 bits per heavy atom.